The largest absolute Gasteiger partial charge is 0.376 e. The Kier molecular flexibility index (Phi) is 3.16. The van der Waals surface area contributed by atoms with E-state index in [4.69, 9.17) is 4.74 Å². The van der Waals surface area contributed by atoms with Gasteiger partial charge in [-0.25, -0.2) is 0 Å². The maximum Gasteiger partial charge on any atom is 0.0852 e. The van der Waals surface area contributed by atoms with Gasteiger partial charge in [0, 0.05) is 7.11 Å². The fourth-order valence-corrected chi connectivity index (χ4v) is 3.28. The van der Waals surface area contributed by atoms with Crippen molar-refractivity contribution in [2.75, 3.05) is 7.11 Å². The van der Waals surface area contributed by atoms with Crippen LogP contribution >= 0.6 is 0 Å². The summed E-state index contributed by atoms with van der Waals surface area (Å²) in [5.41, 5.74) is 6.83. The molecular formula is C18H20O. The summed E-state index contributed by atoms with van der Waals surface area (Å²) in [5.74, 6) is 0.561. The van der Waals surface area contributed by atoms with E-state index in [0.29, 0.717) is 5.92 Å². The predicted molar refractivity (Wildman–Crippen MR) is 79.2 cm³/mol. The molecule has 2 aromatic carbocycles. The average molecular weight is 252 g/mol. The van der Waals surface area contributed by atoms with Gasteiger partial charge in [0.05, 0.1) is 6.10 Å². The molecule has 1 nitrogen and oxygen atoms in total. The molecule has 0 radical (unpaired) electrons. The molecule has 2 atom stereocenters. The molecule has 19 heavy (non-hydrogen) atoms. The van der Waals surface area contributed by atoms with Gasteiger partial charge in [0.1, 0.15) is 0 Å². The number of rotatable bonds is 2. The molecule has 0 saturated carbocycles. The van der Waals surface area contributed by atoms with E-state index < -0.39 is 0 Å². The van der Waals surface area contributed by atoms with Gasteiger partial charge in [-0.2, -0.15) is 0 Å². The summed E-state index contributed by atoms with van der Waals surface area (Å²) in [5, 5.41) is 0. The van der Waals surface area contributed by atoms with Crippen molar-refractivity contribution >= 4 is 0 Å². The van der Waals surface area contributed by atoms with Gasteiger partial charge in [0.2, 0.25) is 0 Å². The molecule has 2 aromatic rings. The molecule has 0 bridgehead atoms. The summed E-state index contributed by atoms with van der Waals surface area (Å²) in [6, 6.07) is 15.3. The van der Waals surface area contributed by atoms with Crippen molar-refractivity contribution in [3.05, 3.63) is 59.2 Å². The van der Waals surface area contributed by atoms with Crippen molar-refractivity contribution in [2.24, 2.45) is 5.92 Å². The normalized spacial score (nSPS) is 21.4. The molecule has 0 aromatic heterocycles. The molecular weight excluding hydrogens is 232 g/mol. The van der Waals surface area contributed by atoms with Crippen molar-refractivity contribution in [3.63, 3.8) is 0 Å². The lowest BCUT2D eigenvalue weighted by atomic mass is 9.95. The second-order valence-electron chi connectivity index (χ2n) is 5.58. The Morgan fingerprint density at radius 3 is 2.63 bits per heavy atom. The van der Waals surface area contributed by atoms with Crippen LogP contribution in [0.5, 0.6) is 0 Å². The predicted octanol–water partition coefficient (Wildman–Crippen LogP) is 4.54. The highest BCUT2D eigenvalue weighted by Crippen LogP contribution is 2.42. The van der Waals surface area contributed by atoms with Crippen molar-refractivity contribution in [1.82, 2.24) is 0 Å². The first kappa shape index (κ1) is 12.4. The number of aryl methyl sites for hydroxylation is 1. The van der Waals surface area contributed by atoms with Crippen LogP contribution in [0.25, 0.3) is 11.1 Å². The van der Waals surface area contributed by atoms with Crippen molar-refractivity contribution in [1.29, 1.82) is 0 Å². The van der Waals surface area contributed by atoms with Crippen LogP contribution in [-0.2, 0) is 11.2 Å². The van der Waals surface area contributed by atoms with E-state index in [0.717, 1.165) is 6.42 Å². The van der Waals surface area contributed by atoms with Crippen LogP contribution in [0, 0.1) is 12.8 Å². The highest BCUT2D eigenvalue weighted by Gasteiger charge is 2.30. The van der Waals surface area contributed by atoms with Gasteiger partial charge in [-0.15, -0.1) is 0 Å². The molecule has 2 unspecified atom stereocenters. The number of methoxy groups -OCH3 is 1. The third kappa shape index (κ3) is 2.08. The Bertz CT molecular complexity index is 600. The quantitative estimate of drug-likeness (QED) is 0.762. The SMILES string of the molecule is COC1c2cccc(-c3cccc(C)c3)c2CC1C. The molecule has 0 aliphatic heterocycles. The number of benzene rings is 2. The van der Waals surface area contributed by atoms with Gasteiger partial charge in [0.15, 0.2) is 0 Å². The molecule has 0 heterocycles. The summed E-state index contributed by atoms with van der Waals surface area (Å²) >= 11 is 0. The molecule has 0 N–H and O–H groups in total. The summed E-state index contributed by atoms with van der Waals surface area (Å²) in [6.45, 7) is 4.42. The van der Waals surface area contributed by atoms with Gasteiger partial charge in [-0.1, -0.05) is 55.0 Å². The van der Waals surface area contributed by atoms with Crippen molar-refractivity contribution in [2.45, 2.75) is 26.4 Å². The highest BCUT2D eigenvalue weighted by molar-refractivity contribution is 5.70. The van der Waals surface area contributed by atoms with E-state index in [2.05, 4.69) is 56.3 Å². The first-order valence-electron chi connectivity index (χ1n) is 6.92. The smallest absolute Gasteiger partial charge is 0.0852 e. The summed E-state index contributed by atoms with van der Waals surface area (Å²) < 4.78 is 5.66. The Hall–Kier alpha value is -1.60. The lowest BCUT2D eigenvalue weighted by Gasteiger charge is -2.14. The molecule has 98 valence electrons. The standard InChI is InChI=1S/C18H20O/c1-12-6-4-7-14(10-12)15-8-5-9-16-17(15)11-13(2)18(16)19-3/h4-10,13,18H,11H2,1-3H3. The third-order valence-electron chi connectivity index (χ3n) is 4.14. The molecule has 0 spiro atoms. The topological polar surface area (TPSA) is 9.23 Å². The third-order valence-corrected chi connectivity index (χ3v) is 4.14. The first-order chi connectivity index (χ1) is 9.20. The Balaban J connectivity index is 2.13. The first-order valence-corrected chi connectivity index (χ1v) is 6.92. The van der Waals surface area contributed by atoms with Crippen LogP contribution < -0.4 is 0 Å². The Labute approximate surface area is 115 Å². The minimum atomic E-state index is 0.250. The van der Waals surface area contributed by atoms with Gasteiger partial charge in [0.25, 0.3) is 0 Å². The minimum absolute atomic E-state index is 0.250. The maximum atomic E-state index is 5.66. The van der Waals surface area contributed by atoms with Crippen molar-refractivity contribution in [3.8, 4) is 11.1 Å². The van der Waals surface area contributed by atoms with Crippen LogP contribution in [0.2, 0.25) is 0 Å². The number of hydrogen-bond donors (Lipinski definition) is 0. The Morgan fingerprint density at radius 1 is 1.11 bits per heavy atom. The van der Waals surface area contributed by atoms with E-state index in [1.165, 1.54) is 27.8 Å². The molecule has 0 saturated heterocycles. The second-order valence-corrected chi connectivity index (χ2v) is 5.58. The summed E-state index contributed by atoms with van der Waals surface area (Å²) in [6.07, 6.45) is 1.36. The highest BCUT2D eigenvalue weighted by atomic mass is 16.5. The average Bonchev–Trinajstić information content (AvgIpc) is 2.73. The molecule has 0 fully saturated rings. The fourth-order valence-electron chi connectivity index (χ4n) is 3.28. The van der Waals surface area contributed by atoms with E-state index in [9.17, 15) is 0 Å². The summed E-state index contributed by atoms with van der Waals surface area (Å²) in [4.78, 5) is 0. The number of hydrogen-bond acceptors (Lipinski definition) is 1. The van der Waals surface area contributed by atoms with E-state index in [1.807, 2.05) is 7.11 Å². The fraction of sp³-hybridized carbons (Fsp3) is 0.333. The summed E-state index contributed by atoms with van der Waals surface area (Å²) in [7, 11) is 1.82. The lowest BCUT2D eigenvalue weighted by Crippen LogP contribution is -2.04. The monoisotopic (exact) mass is 252 g/mol. The molecule has 1 aliphatic rings. The minimum Gasteiger partial charge on any atom is -0.376 e. The van der Waals surface area contributed by atoms with Crippen LogP contribution in [0.1, 0.15) is 29.7 Å². The van der Waals surface area contributed by atoms with Crippen LogP contribution in [0.15, 0.2) is 42.5 Å². The van der Waals surface area contributed by atoms with Gasteiger partial charge in [-0.3, -0.25) is 0 Å². The maximum absolute atomic E-state index is 5.66. The Morgan fingerprint density at radius 2 is 1.89 bits per heavy atom. The zero-order valence-electron chi connectivity index (χ0n) is 11.8. The van der Waals surface area contributed by atoms with Crippen LogP contribution in [0.3, 0.4) is 0 Å². The van der Waals surface area contributed by atoms with Gasteiger partial charge >= 0.3 is 0 Å². The molecule has 0 amide bonds. The van der Waals surface area contributed by atoms with E-state index in [1.54, 1.807) is 0 Å². The number of ether oxygens (including phenoxy) is 1. The molecule has 3 rings (SSSR count). The van der Waals surface area contributed by atoms with Crippen molar-refractivity contribution < 1.29 is 4.74 Å². The molecule has 1 heteroatoms. The van der Waals surface area contributed by atoms with Gasteiger partial charge < -0.3 is 4.74 Å². The van der Waals surface area contributed by atoms with Gasteiger partial charge in [-0.05, 0) is 41.5 Å². The zero-order valence-corrected chi connectivity index (χ0v) is 11.8. The van der Waals surface area contributed by atoms with E-state index in [-0.39, 0.29) is 6.10 Å². The lowest BCUT2D eigenvalue weighted by molar-refractivity contribution is 0.0695. The second kappa shape index (κ2) is 4.82. The van der Waals surface area contributed by atoms with Crippen LogP contribution in [-0.4, -0.2) is 7.11 Å². The molecule has 1 aliphatic carbocycles. The number of fused-ring (bicyclic) bond motifs is 1. The zero-order chi connectivity index (χ0) is 13.4. The van der Waals surface area contributed by atoms with Crippen LogP contribution in [0.4, 0.5) is 0 Å². The van der Waals surface area contributed by atoms with E-state index >= 15 is 0 Å².